The van der Waals surface area contributed by atoms with Gasteiger partial charge < -0.3 is 15.7 Å². The molecule has 1 amide bonds. The van der Waals surface area contributed by atoms with Gasteiger partial charge in [-0.1, -0.05) is 27.7 Å². The Balaban J connectivity index is 3.98. The maximum atomic E-state index is 11.7. The third-order valence-corrected chi connectivity index (χ3v) is 2.48. The lowest BCUT2D eigenvalue weighted by atomic mass is 10.0. The Morgan fingerprint density at radius 1 is 1.33 bits per heavy atom. The summed E-state index contributed by atoms with van der Waals surface area (Å²) in [6.07, 6.45) is 0. The second-order valence-electron chi connectivity index (χ2n) is 4.25. The molecule has 90 valence electrons. The smallest absolute Gasteiger partial charge is 0.224 e. The van der Waals surface area contributed by atoms with Gasteiger partial charge in [-0.25, -0.2) is 0 Å². The van der Waals surface area contributed by atoms with Gasteiger partial charge in [-0.2, -0.15) is 0 Å². The van der Waals surface area contributed by atoms with Gasteiger partial charge in [0.2, 0.25) is 5.91 Å². The maximum absolute atomic E-state index is 11.7. The SMILES string of the molecule is CCNCC(C)C(=O)N[C@H](CO)C(C)C. The van der Waals surface area contributed by atoms with Gasteiger partial charge in [-0.3, -0.25) is 4.79 Å². The van der Waals surface area contributed by atoms with Gasteiger partial charge in [-0.05, 0) is 12.5 Å². The molecule has 15 heavy (non-hydrogen) atoms. The summed E-state index contributed by atoms with van der Waals surface area (Å²) >= 11 is 0. The van der Waals surface area contributed by atoms with Crippen LogP contribution in [0, 0.1) is 11.8 Å². The summed E-state index contributed by atoms with van der Waals surface area (Å²) in [5.41, 5.74) is 0. The van der Waals surface area contributed by atoms with Crippen molar-refractivity contribution in [2.45, 2.75) is 33.7 Å². The molecule has 0 heterocycles. The number of carbonyl (C=O) groups is 1. The van der Waals surface area contributed by atoms with Crippen LogP contribution in [0.5, 0.6) is 0 Å². The van der Waals surface area contributed by atoms with Gasteiger partial charge in [-0.15, -0.1) is 0 Å². The molecule has 0 aliphatic rings. The molecule has 2 atom stereocenters. The minimum Gasteiger partial charge on any atom is -0.394 e. The molecule has 0 aliphatic carbocycles. The van der Waals surface area contributed by atoms with Gasteiger partial charge >= 0.3 is 0 Å². The Morgan fingerprint density at radius 3 is 2.33 bits per heavy atom. The summed E-state index contributed by atoms with van der Waals surface area (Å²) in [7, 11) is 0. The molecule has 0 aromatic carbocycles. The fourth-order valence-corrected chi connectivity index (χ4v) is 1.20. The van der Waals surface area contributed by atoms with Crippen molar-refractivity contribution in [1.29, 1.82) is 0 Å². The second kappa shape index (κ2) is 7.65. The predicted octanol–water partition coefficient (Wildman–Crippen LogP) is 0.365. The standard InChI is InChI=1S/C11H24N2O2/c1-5-12-6-9(4)11(15)13-10(7-14)8(2)3/h8-10,12,14H,5-7H2,1-4H3,(H,13,15)/t9?,10-/m1/s1. The molecule has 0 bridgehead atoms. The van der Waals surface area contributed by atoms with Gasteiger partial charge in [0, 0.05) is 12.5 Å². The molecule has 3 N–H and O–H groups in total. The van der Waals surface area contributed by atoms with Crippen LogP contribution in [0.3, 0.4) is 0 Å². The van der Waals surface area contributed by atoms with E-state index in [0.717, 1.165) is 6.54 Å². The fraction of sp³-hybridized carbons (Fsp3) is 0.909. The average Bonchev–Trinajstić information content (AvgIpc) is 2.21. The lowest BCUT2D eigenvalue weighted by Crippen LogP contribution is -2.45. The zero-order valence-corrected chi connectivity index (χ0v) is 10.2. The van der Waals surface area contributed by atoms with Crippen molar-refractivity contribution in [3.63, 3.8) is 0 Å². The lowest BCUT2D eigenvalue weighted by molar-refractivity contribution is -0.125. The molecule has 0 saturated carbocycles. The molecule has 0 aliphatic heterocycles. The largest absolute Gasteiger partial charge is 0.394 e. The zero-order valence-electron chi connectivity index (χ0n) is 10.2. The molecule has 0 radical (unpaired) electrons. The fourth-order valence-electron chi connectivity index (χ4n) is 1.20. The minimum atomic E-state index is -0.137. The monoisotopic (exact) mass is 216 g/mol. The van der Waals surface area contributed by atoms with Crippen molar-refractivity contribution in [1.82, 2.24) is 10.6 Å². The highest BCUT2D eigenvalue weighted by atomic mass is 16.3. The summed E-state index contributed by atoms with van der Waals surface area (Å²) in [6.45, 7) is 9.40. The van der Waals surface area contributed by atoms with Crippen molar-refractivity contribution >= 4 is 5.91 Å². The summed E-state index contributed by atoms with van der Waals surface area (Å²) in [4.78, 5) is 11.7. The Hall–Kier alpha value is -0.610. The first-order chi connectivity index (χ1) is 7.02. The first kappa shape index (κ1) is 14.4. The van der Waals surface area contributed by atoms with Crippen LogP contribution in [0.2, 0.25) is 0 Å². The molecule has 0 aromatic rings. The van der Waals surface area contributed by atoms with Crippen LogP contribution < -0.4 is 10.6 Å². The normalized spacial score (nSPS) is 15.1. The van der Waals surface area contributed by atoms with Crippen LogP contribution in [0.1, 0.15) is 27.7 Å². The van der Waals surface area contributed by atoms with E-state index in [2.05, 4.69) is 10.6 Å². The minimum absolute atomic E-state index is 0.00265. The van der Waals surface area contributed by atoms with Gasteiger partial charge in [0.15, 0.2) is 0 Å². The van der Waals surface area contributed by atoms with Crippen molar-refractivity contribution in [3.8, 4) is 0 Å². The predicted molar refractivity (Wildman–Crippen MR) is 61.6 cm³/mol. The molecule has 4 nitrogen and oxygen atoms in total. The van der Waals surface area contributed by atoms with Crippen molar-refractivity contribution < 1.29 is 9.90 Å². The lowest BCUT2D eigenvalue weighted by Gasteiger charge is -2.22. The number of aliphatic hydroxyl groups is 1. The van der Waals surface area contributed by atoms with E-state index in [1.54, 1.807) is 0 Å². The summed E-state index contributed by atoms with van der Waals surface area (Å²) in [6, 6.07) is -0.137. The van der Waals surface area contributed by atoms with Crippen LogP contribution in [0.25, 0.3) is 0 Å². The van der Waals surface area contributed by atoms with E-state index >= 15 is 0 Å². The molecular weight excluding hydrogens is 192 g/mol. The van der Waals surface area contributed by atoms with Crippen molar-refractivity contribution in [2.75, 3.05) is 19.7 Å². The number of nitrogens with one attached hydrogen (secondary N) is 2. The number of amides is 1. The highest BCUT2D eigenvalue weighted by Gasteiger charge is 2.18. The summed E-state index contributed by atoms with van der Waals surface area (Å²) in [5, 5.41) is 15.0. The molecule has 0 rings (SSSR count). The summed E-state index contributed by atoms with van der Waals surface area (Å²) in [5.74, 6) is 0.201. The third-order valence-electron chi connectivity index (χ3n) is 2.48. The van der Waals surface area contributed by atoms with E-state index in [1.807, 2.05) is 27.7 Å². The molecular formula is C11H24N2O2. The topological polar surface area (TPSA) is 61.4 Å². The summed E-state index contributed by atoms with van der Waals surface area (Å²) < 4.78 is 0. The van der Waals surface area contributed by atoms with Crippen molar-refractivity contribution in [3.05, 3.63) is 0 Å². The maximum Gasteiger partial charge on any atom is 0.224 e. The molecule has 4 heteroatoms. The quantitative estimate of drug-likeness (QED) is 0.576. The molecule has 0 aromatic heterocycles. The van der Waals surface area contributed by atoms with Crippen LogP contribution in [0.4, 0.5) is 0 Å². The van der Waals surface area contributed by atoms with E-state index in [9.17, 15) is 4.79 Å². The highest BCUT2D eigenvalue weighted by molar-refractivity contribution is 5.78. The highest BCUT2D eigenvalue weighted by Crippen LogP contribution is 2.02. The molecule has 0 spiro atoms. The van der Waals surface area contributed by atoms with Crippen LogP contribution >= 0.6 is 0 Å². The number of aliphatic hydroxyl groups excluding tert-OH is 1. The number of hydrogen-bond donors (Lipinski definition) is 3. The molecule has 0 saturated heterocycles. The Labute approximate surface area is 92.4 Å². The van der Waals surface area contributed by atoms with Gasteiger partial charge in [0.05, 0.1) is 12.6 Å². The number of hydrogen-bond acceptors (Lipinski definition) is 3. The van der Waals surface area contributed by atoms with Gasteiger partial charge in [0.1, 0.15) is 0 Å². The molecule has 0 fully saturated rings. The second-order valence-corrected chi connectivity index (χ2v) is 4.25. The first-order valence-corrected chi connectivity index (χ1v) is 5.64. The number of rotatable bonds is 7. The van der Waals surface area contributed by atoms with E-state index in [4.69, 9.17) is 5.11 Å². The Morgan fingerprint density at radius 2 is 1.93 bits per heavy atom. The van der Waals surface area contributed by atoms with E-state index < -0.39 is 0 Å². The Kier molecular flexibility index (Phi) is 7.34. The molecule has 1 unspecified atom stereocenters. The zero-order chi connectivity index (χ0) is 11.8. The van der Waals surface area contributed by atoms with Crippen LogP contribution in [-0.4, -0.2) is 36.8 Å². The third kappa shape index (κ3) is 5.74. The van der Waals surface area contributed by atoms with E-state index in [-0.39, 0.29) is 30.4 Å². The van der Waals surface area contributed by atoms with Gasteiger partial charge in [0.25, 0.3) is 0 Å². The Bertz CT molecular complexity index is 183. The van der Waals surface area contributed by atoms with Crippen LogP contribution in [0.15, 0.2) is 0 Å². The first-order valence-electron chi connectivity index (χ1n) is 5.64. The van der Waals surface area contributed by atoms with E-state index in [0.29, 0.717) is 6.54 Å². The average molecular weight is 216 g/mol. The van der Waals surface area contributed by atoms with E-state index in [1.165, 1.54) is 0 Å². The van der Waals surface area contributed by atoms with Crippen molar-refractivity contribution in [2.24, 2.45) is 11.8 Å². The van der Waals surface area contributed by atoms with Crippen LogP contribution in [-0.2, 0) is 4.79 Å². The number of carbonyl (C=O) groups excluding carboxylic acids is 1.